The number of anilines is 1. The Hall–Kier alpha value is -1.36. The molecule has 1 amide bonds. The molecule has 0 aromatic carbocycles. The fraction of sp³-hybridized carbons (Fsp3) is 0.545. The van der Waals surface area contributed by atoms with Crippen LogP contribution in [-0.4, -0.2) is 28.5 Å². The van der Waals surface area contributed by atoms with E-state index in [1.54, 1.807) is 0 Å². The zero-order chi connectivity index (χ0) is 12.8. The molecule has 17 heavy (non-hydrogen) atoms. The zero-order valence-electron chi connectivity index (χ0n) is 10.2. The molecule has 0 atom stereocenters. The van der Waals surface area contributed by atoms with Crippen LogP contribution < -0.4 is 10.6 Å². The summed E-state index contributed by atoms with van der Waals surface area (Å²) in [5.74, 6) is 0.688. The first kappa shape index (κ1) is 13.7. The van der Waals surface area contributed by atoms with Gasteiger partial charge in [-0.15, -0.1) is 0 Å². The summed E-state index contributed by atoms with van der Waals surface area (Å²) in [6.45, 7) is 6.21. The lowest BCUT2D eigenvalue weighted by molar-refractivity contribution is -0.121. The van der Waals surface area contributed by atoms with Crippen molar-refractivity contribution in [2.24, 2.45) is 0 Å². The van der Waals surface area contributed by atoms with E-state index in [1.807, 2.05) is 20.8 Å². The van der Waals surface area contributed by atoms with E-state index in [1.165, 1.54) is 6.33 Å². The molecule has 1 aromatic heterocycles. The summed E-state index contributed by atoms with van der Waals surface area (Å²) in [6, 6.07) is 0.165. The summed E-state index contributed by atoms with van der Waals surface area (Å²) in [5.41, 5.74) is 0.790. The highest BCUT2D eigenvalue weighted by Crippen LogP contribution is 2.17. The third-order valence-corrected chi connectivity index (χ3v) is 2.50. The van der Waals surface area contributed by atoms with Gasteiger partial charge in [0.05, 0.1) is 0 Å². The first-order valence-corrected chi connectivity index (χ1v) is 5.89. The number of carbonyl (C=O) groups is 1. The van der Waals surface area contributed by atoms with Crippen molar-refractivity contribution in [3.8, 4) is 0 Å². The Balaban J connectivity index is 2.41. The minimum Gasteiger partial charge on any atom is -0.369 e. The van der Waals surface area contributed by atoms with Crippen LogP contribution in [0.3, 0.4) is 0 Å². The van der Waals surface area contributed by atoms with Crippen LogP contribution >= 0.6 is 11.6 Å². The maximum atomic E-state index is 11.4. The third kappa shape index (κ3) is 4.56. The van der Waals surface area contributed by atoms with Crippen LogP contribution in [0.25, 0.3) is 0 Å². The smallest absolute Gasteiger partial charge is 0.221 e. The van der Waals surface area contributed by atoms with Gasteiger partial charge in [0.1, 0.15) is 17.3 Å². The molecule has 94 valence electrons. The molecular formula is C11H17ClN4O. The predicted octanol–water partition coefficient (Wildman–Crippen LogP) is 1.77. The number of nitrogens with zero attached hydrogens (tertiary/aromatic N) is 2. The SMILES string of the molecule is Cc1c(Cl)ncnc1NCCC(=O)NC(C)C. The topological polar surface area (TPSA) is 66.9 Å². The second-order valence-corrected chi connectivity index (χ2v) is 4.40. The Morgan fingerprint density at radius 3 is 2.82 bits per heavy atom. The van der Waals surface area contributed by atoms with Crippen molar-refractivity contribution in [1.82, 2.24) is 15.3 Å². The Morgan fingerprint density at radius 2 is 2.18 bits per heavy atom. The average molecular weight is 257 g/mol. The number of carbonyl (C=O) groups excluding carboxylic acids is 1. The normalized spacial score (nSPS) is 10.4. The molecule has 1 rings (SSSR count). The lowest BCUT2D eigenvalue weighted by Gasteiger charge is -2.10. The molecule has 0 radical (unpaired) electrons. The van der Waals surface area contributed by atoms with Gasteiger partial charge >= 0.3 is 0 Å². The van der Waals surface area contributed by atoms with E-state index in [0.29, 0.717) is 23.9 Å². The fourth-order valence-corrected chi connectivity index (χ4v) is 1.43. The van der Waals surface area contributed by atoms with Crippen molar-refractivity contribution in [3.05, 3.63) is 17.0 Å². The van der Waals surface area contributed by atoms with E-state index in [4.69, 9.17) is 11.6 Å². The van der Waals surface area contributed by atoms with Crippen molar-refractivity contribution in [2.75, 3.05) is 11.9 Å². The summed E-state index contributed by atoms with van der Waals surface area (Å²) in [6.07, 6.45) is 1.80. The van der Waals surface area contributed by atoms with Gasteiger partial charge in [0.15, 0.2) is 0 Å². The first-order chi connectivity index (χ1) is 8.00. The van der Waals surface area contributed by atoms with Gasteiger partial charge in [-0.1, -0.05) is 11.6 Å². The Kier molecular flexibility index (Phi) is 5.15. The van der Waals surface area contributed by atoms with Crippen molar-refractivity contribution in [3.63, 3.8) is 0 Å². The molecule has 6 heteroatoms. The number of aromatic nitrogens is 2. The van der Waals surface area contributed by atoms with Crippen molar-refractivity contribution >= 4 is 23.3 Å². The number of nitrogens with one attached hydrogen (secondary N) is 2. The molecule has 0 aliphatic rings. The lowest BCUT2D eigenvalue weighted by atomic mass is 10.3. The van der Waals surface area contributed by atoms with E-state index in [2.05, 4.69) is 20.6 Å². The van der Waals surface area contributed by atoms with Crippen LogP contribution in [0.1, 0.15) is 25.8 Å². The maximum Gasteiger partial charge on any atom is 0.221 e. The van der Waals surface area contributed by atoms with E-state index < -0.39 is 0 Å². The summed E-state index contributed by atoms with van der Waals surface area (Å²) in [4.78, 5) is 19.3. The van der Waals surface area contributed by atoms with E-state index in [9.17, 15) is 4.79 Å². The second kappa shape index (κ2) is 6.39. The van der Waals surface area contributed by atoms with Gasteiger partial charge in [0.2, 0.25) is 5.91 Å². The molecule has 5 nitrogen and oxygen atoms in total. The van der Waals surface area contributed by atoms with Crippen LogP contribution in [0.5, 0.6) is 0 Å². The van der Waals surface area contributed by atoms with Gasteiger partial charge in [0.25, 0.3) is 0 Å². The van der Waals surface area contributed by atoms with Crippen LogP contribution in [0, 0.1) is 6.92 Å². The third-order valence-electron chi connectivity index (χ3n) is 2.12. The zero-order valence-corrected chi connectivity index (χ0v) is 11.0. The number of rotatable bonds is 5. The molecular weight excluding hydrogens is 240 g/mol. The number of hydrogen-bond donors (Lipinski definition) is 2. The van der Waals surface area contributed by atoms with E-state index >= 15 is 0 Å². The molecule has 1 aromatic rings. The van der Waals surface area contributed by atoms with Crippen molar-refractivity contribution in [2.45, 2.75) is 33.2 Å². The Morgan fingerprint density at radius 1 is 1.47 bits per heavy atom. The summed E-state index contributed by atoms with van der Waals surface area (Å²) in [7, 11) is 0. The predicted molar refractivity (Wildman–Crippen MR) is 68.2 cm³/mol. The molecule has 0 spiro atoms. The first-order valence-electron chi connectivity index (χ1n) is 5.51. The molecule has 0 aliphatic carbocycles. The highest BCUT2D eigenvalue weighted by molar-refractivity contribution is 6.30. The van der Waals surface area contributed by atoms with Crippen molar-refractivity contribution in [1.29, 1.82) is 0 Å². The largest absolute Gasteiger partial charge is 0.369 e. The van der Waals surface area contributed by atoms with Gasteiger partial charge in [-0.05, 0) is 20.8 Å². The molecule has 0 saturated carbocycles. The highest BCUT2D eigenvalue weighted by atomic mass is 35.5. The van der Waals surface area contributed by atoms with Crippen LogP contribution in [0.2, 0.25) is 5.15 Å². The van der Waals surface area contributed by atoms with Gasteiger partial charge in [-0.25, -0.2) is 9.97 Å². The Labute approximate surface area is 106 Å². The molecule has 0 saturated heterocycles. The minimum absolute atomic E-state index is 0.0188. The average Bonchev–Trinajstić information content (AvgIpc) is 2.23. The highest BCUT2D eigenvalue weighted by Gasteiger charge is 2.06. The Bertz CT molecular complexity index is 395. The van der Waals surface area contributed by atoms with Crippen LogP contribution in [0.4, 0.5) is 5.82 Å². The molecule has 0 aliphatic heterocycles. The minimum atomic E-state index is 0.0188. The summed E-state index contributed by atoms with van der Waals surface area (Å²) in [5, 5.41) is 6.30. The second-order valence-electron chi connectivity index (χ2n) is 4.04. The number of halogens is 1. The summed E-state index contributed by atoms with van der Waals surface area (Å²) < 4.78 is 0. The van der Waals surface area contributed by atoms with Crippen LogP contribution in [0.15, 0.2) is 6.33 Å². The lowest BCUT2D eigenvalue weighted by Crippen LogP contribution is -2.31. The van der Waals surface area contributed by atoms with Gasteiger partial charge in [0, 0.05) is 24.6 Å². The molecule has 0 fully saturated rings. The quantitative estimate of drug-likeness (QED) is 0.788. The van der Waals surface area contributed by atoms with E-state index in [0.717, 1.165) is 5.56 Å². The van der Waals surface area contributed by atoms with Crippen molar-refractivity contribution < 1.29 is 4.79 Å². The van der Waals surface area contributed by atoms with Gasteiger partial charge in [-0.3, -0.25) is 4.79 Å². The van der Waals surface area contributed by atoms with Crippen LogP contribution in [-0.2, 0) is 4.79 Å². The fourth-order valence-electron chi connectivity index (χ4n) is 1.30. The number of amides is 1. The number of hydrogen-bond acceptors (Lipinski definition) is 4. The molecule has 0 unspecified atom stereocenters. The molecule has 1 heterocycles. The van der Waals surface area contributed by atoms with E-state index in [-0.39, 0.29) is 11.9 Å². The molecule has 0 bridgehead atoms. The summed E-state index contributed by atoms with van der Waals surface area (Å²) >= 11 is 5.85. The van der Waals surface area contributed by atoms with Gasteiger partial charge in [-0.2, -0.15) is 0 Å². The van der Waals surface area contributed by atoms with Gasteiger partial charge < -0.3 is 10.6 Å². The maximum absolute atomic E-state index is 11.4. The molecule has 2 N–H and O–H groups in total. The standard InChI is InChI=1S/C11H17ClN4O/c1-7(2)16-9(17)4-5-13-11-8(3)10(12)14-6-15-11/h6-7H,4-5H2,1-3H3,(H,16,17)(H,13,14,15). The monoisotopic (exact) mass is 256 g/mol.